The second-order valence-corrected chi connectivity index (χ2v) is 6.26. The number of hydrogen-bond donors (Lipinski definition) is 0. The van der Waals surface area contributed by atoms with Crippen LogP contribution in [0.2, 0.25) is 5.02 Å². The minimum absolute atomic E-state index is 0.0268. The Morgan fingerprint density at radius 2 is 1.84 bits per heavy atom. The van der Waals surface area contributed by atoms with Crippen molar-refractivity contribution in [1.82, 2.24) is 9.38 Å². The van der Waals surface area contributed by atoms with Crippen LogP contribution in [-0.2, 0) is 0 Å². The zero-order valence-corrected chi connectivity index (χ0v) is 13.3. The topological polar surface area (TPSA) is 77.5 Å². The van der Waals surface area contributed by atoms with E-state index in [1.165, 1.54) is 16.5 Å². The van der Waals surface area contributed by atoms with E-state index in [1.54, 1.807) is 30.3 Å². The van der Waals surface area contributed by atoms with Gasteiger partial charge < -0.3 is 0 Å². The first kappa shape index (κ1) is 14.1. The minimum Gasteiger partial charge on any atom is -0.268 e. The number of halogens is 1. The molecule has 0 saturated carbocycles. The van der Waals surface area contributed by atoms with Crippen LogP contribution in [-0.4, -0.2) is 14.3 Å². The molecule has 0 N–H and O–H groups in total. The molecule has 0 atom stereocenters. The van der Waals surface area contributed by atoms with Crippen LogP contribution in [0, 0.1) is 10.1 Å². The standard InChI is InChI=1S/C18H8ClN3O3/c19-9-4-6-15-13(8-9)20-17-11-3-1-2-10-14(22(24)25)7-5-12(16(10)11)18(23)21(15)17/h1-8H. The fourth-order valence-corrected chi connectivity index (χ4v) is 3.64. The number of fused-ring (bicyclic) bond motifs is 4. The molecule has 0 unspecified atom stereocenters. The number of non-ortho nitro benzene ring substituents is 1. The van der Waals surface area contributed by atoms with Crippen molar-refractivity contribution in [2.45, 2.75) is 0 Å². The van der Waals surface area contributed by atoms with Gasteiger partial charge in [0.05, 0.1) is 21.3 Å². The summed E-state index contributed by atoms with van der Waals surface area (Å²) in [6.07, 6.45) is 0. The average molecular weight is 350 g/mol. The molecule has 5 rings (SSSR count). The number of aromatic nitrogens is 2. The Balaban J connectivity index is 2.14. The summed E-state index contributed by atoms with van der Waals surface area (Å²) in [5.74, 6) is 0. The van der Waals surface area contributed by atoms with E-state index in [9.17, 15) is 14.9 Å². The third kappa shape index (κ3) is 1.74. The molecule has 120 valence electrons. The van der Waals surface area contributed by atoms with Crippen LogP contribution in [0.3, 0.4) is 0 Å². The van der Waals surface area contributed by atoms with E-state index in [-0.39, 0.29) is 11.2 Å². The number of imidazole rings is 1. The molecule has 0 radical (unpaired) electrons. The molecule has 0 aliphatic heterocycles. The van der Waals surface area contributed by atoms with Crippen LogP contribution in [0.25, 0.3) is 38.2 Å². The van der Waals surface area contributed by atoms with Crippen LogP contribution in [0.5, 0.6) is 0 Å². The van der Waals surface area contributed by atoms with E-state index < -0.39 is 4.92 Å². The zero-order chi connectivity index (χ0) is 17.3. The number of hydrogen-bond acceptors (Lipinski definition) is 4. The molecule has 0 aliphatic carbocycles. The summed E-state index contributed by atoms with van der Waals surface area (Å²) in [6, 6.07) is 13.3. The molecular weight excluding hydrogens is 342 g/mol. The largest absolute Gasteiger partial charge is 0.277 e. The molecule has 0 amide bonds. The average Bonchev–Trinajstić information content (AvgIpc) is 2.97. The highest BCUT2D eigenvalue weighted by atomic mass is 35.5. The molecule has 3 aromatic carbocycles. The second kappa shape index (κ2) is 4.64. The van der Waals surface area contributed by atoms with Crippen molar-refractivity contribution in [3.63, 3.8) is 0 Å². The lowest BCUT2D eigenvalue weighted by atomic mass is 10.0. The number of benzene rings is 3. The normalized spacial score (nSPS) is 11.9. The van der Waals surface area contributed by atoms with Crippen LogP contribution in [0.15, 0.2) is 53.3 Å². The number of nitro groups is 1. The fourth-order valence-electron chi connectivity index (χ4n) is 3.48. The number of rotatable bonds is 1. The molecule has 0 spiro atoms. The maximum absolute atomic E-state index is 13.1. The lowest BCUT2D eigenvalue weighted by Gasteiger charge is -2.07. The SMILES string of the molecule is O=c1c2ccc([N+](=O)[O-])c3cccc(c32)c2nc3cc(Cl)ccc3n12. The van der Waals surface area contributed by atoms with Gasteiger partial charge in [0.1, 0.15) is 5.65 Å². The molecule has 0 saturated heterocycles. The Bertz CT molecular complexity index is 1410. The van der Waals surface area contributed by atoms with E-state index >= 15 is 0 Å². The van der Waals surface area contributed by atoms with Gasteiger partial charge in [0.25, 0.3) is 11.2 Å². The summed E-state index contributed by atoms with van der Waals surface area (Å²) in [7, 11) is 0. The first-order valence-corrected chi connectivity index (χ1v) is 7.87. The second-order valence-electron chi connectivity index (χ2n) is 5.83. The Morgan fingerprint density at radius 3 is 2.64 bits per heavy atom. The lowest BCUT2D eigenvalue weighted by molar-refractivity contribution is -0.383. The molecule has 2 heterocycles. The van der Waals surface area contributed by atoms with Crippen LogP contribution in [0.4, 0.5) is 5.69 Å². The third-order valence-electron chi connectivity index (χ3n) is 4.51. The van der Waals surface area contributed by atoms with E-state index in [2.05, 4.69) is 4.98 Å². The third-order valence-corrected chi connectivity index (χ3v) is 4.74. The molecule has 7 heteroatoms. The number of nitro benzene ring substituents is 1. The van der Waals surface area contributed by atoms with E-state index in [4.69, 9.17) is 11.6 Å². The van der Waals surface area contributed by atoms with Crippen molar-refractivity contribution in [1.29, 1.82) is 0 Å². The van der Waals surface area contributed by atoms with Gasteiger partial charge in [0.15, 0.2) is 0 Å². The van der Waals surface area contributed by atoms with Gasteiger partial charge in [-0.05, 0) is 30.3 Å². The predicted octanol–water partition coefficient (Wildman–Crippen LogP) is 4.15. The summed E-state index contributed by atoms with van der Waals surface area (Å²) in [5.41, 5.74) is 1.46. The van der Waals surface area contributed by atoms with Gasteiger partial charge in [-0.1, -0.05) is 23.7 Å². The van der Waals surface area contributed by atoms with E-state index in [1.807, 2.05) is 6.07 Å². The molecule has 0 bridgehead atoms. The molecular formula is C18H8ClN3O3. The Morgan fingerprint density at radius 1 is 1.04 bits per heavy atom. The minimum atomic E-state index is -0.440. The van der Waals surface area contributed by atoms with Gasteiger partial charge >= 0.3 is 0 Å². The monoisotopic (exact) mass is 349 g/mol. The number of pyridine rings is 1. The van der Waals surface area contributed by atoms with Crippen molar-refractivity contribution < 1.29 is 4.92 Å². The van der Waals surface area contributed by atoms with Crippen molar-refractivity contribution in [3.05, 3.63) is 74.0 Å². The van der Waals surface area contributed by atoms with Gasteiger partial charge in [0, 0.05) is 27.2 Å². The molecule has 6 nitrogen and oxygen atoms in total. The quantitative estimate of drug-likeness (QED) is 0.336. The summed E-state index contributed by atoms with van der Waals surface area (Å²) >= 11 is 6.04. The number of nitrogens with zero attached hydrogens (tertiary/aromatic N) is 3. The first-order chi connectivity index (χ1) is 12.1. The van der Waals surface area contributed by atoms with Gasteiger partial charge in [-0.3, -0.25) is 19.3 Å². The summed E-state index contributed by atoms with van der Waals surface area (Å²) in [5, 5.41) is 14.0. The predicted molar refractivity (Wildman–Crippen MR) is 96.8 cm³/mol. The highest BCUT2D eigenvalue weighted by molar-refractivity contribution is 6.31. The maximum Gasteiger partial charge on any atom is 0.277 e. The first-order valence-electron chi connectivity index (χ1n) is 7.49. The Labute approximate surface area is 144 Å². The van der Waals surface area contributed by atoms with Crippen LogP contribution >= 0.6 is 11.6 Å². The fraction of sp³-hybridized carbons (Fsp3) is 0. The zero-order valence-electron chi connectivity index (χ0n) is 12.6. The summed E-state index contributed by atoms with van der Waals surface area (Å²) < 4.78 is 1.54. The Hall–Kier alpha value is -3.25. The maximum atomic E-state index is 13.1. The molecule has 5 aromatic rings. The summed E-state index contributed by atoms with van der Waals surface area (Å²) in [6.45, 7) is 0. The highest BCUT2D eigenvalue weighted by Gasteiger charge is 2.20. The molecule has 0 fully saturated rings. The van der Waals surface area contributed by atoms with Crippen LogP contribution in [0.1, 0.15) is 0 Å². The summed E-state index contributed by atoms with van der Waals surface area (Å²) in [4.78, 5) is 28.5. The molecule has 0 aliphatic rings. The molecule has 2 aromatic heterocycles. The van der Waals surface area contributed by atoms with Crippen molar-refractivity contribution in [3.8, 4) is 0 Å². The highest BCUT2D eigenvalue weighted by Crippen LogP contribution is 2.34. The van der Waals surface area contributed by atoms with Gasteiger partial charge in [0.2, 0.25) is 0 Å². The van der Waals surface area contributed by atoms with E-state index in [0.717, 1.165) is 0 Å². The van der Waals surface area contributed by atoms with Gasteiger partial charge in [-0.15, -0.1) is 0 Å². The van der Waals surface area contributed by atoms with Crippen molar-refractivity contribution >= 4 is 55.5 Å². The van der Waals surface area contributed by atoms with Crippen molar-refractivity contribution in [2.75, 3.05) is 0 Å². The van der Waals surface area contributed by atoms with E-state index in [0.29, 0.717) is 43.2 Å². The lowest BCUT2D eigenvalue weighted by Crippen LogP contribution is -2.13. The van der Waals surface area contributed by atoms with Crippen molar-refractivity contribution in [2.24, 2.45) is 0 Å². The van der Waals surface area contributed by atoms with Gasteiger partial charge in [-0.2, -0.15) is 0 Å². The van der Waals surface area contributed by atoms with Crippen LogP contribution < -0.4 is 5.56 Å². The molecule has 25 heavy (non-hydrogen) atoms. The Kier molecular flexibility index (Phi) is 2.62. The smallest absolute Gasteiger partial charge is 0.268 e. The van der Waals surface area contributed by atoms with Gasteiger partial charge in [-0.25, -0.2) is 4.98 Å².